The Bertz CT molecular complexity index is 621. The Morgan fingerprint density at radius 1 is 0.762 bits per heavy atom. The molecule has 0 saturated heterocycles. The van der Waals surface area contributed by atoms with E-state index in [2.05, 4.69) is 0 Å². The molecular weight excluding hydrogens is 475 g/mol. The van der Waals surface area contributed by atoms with Gasteiger partial charge in [-0.3, -0.25) is 0 Å². The molecule has 0 amide bonds. The summed E-state index contributed by atoms with van der Waals surface area (Å²) in [6, 6.07) is 11.6. The van der Waals surface area contributed by atoms with Crippen molar-refractivity contribution in [1.82, 2.24) is 0 Å². The number of benzene rings is 2. The standard InChI is InChI=1S/2C6H5NO3.Pb/c2*8-6-4-2-1-3-5(6)7(9)10;/h2*1-4,8H;/q;;+2. The van der Waals surface area contributed by atoms with E-state index in [-0.39, 0.29) is 32.7 Å². The normalized spacial score (nSPS) is 9.90. The van der Waals surface area contributed by atoms with Crippen LogP contribution in [0.2, 0.25) is 0 Å². The van der Waals surface area contributed by atoms with Crippen LogP contribution in [0.3, 0.4) is 0 Å². The van der Waals surface area contributed by atoms with Crippen molar-refractivity contribution >= 4 is 36.5 Å². The minimum absolute atomic E-state index is 0.0754. The van der Waals surface area contributed by atoms with Gasteiger partial charge in [-0.1, -0.05) is 0 Å². The van der Waals surface area contributed by atoms with Gasteiger partial charge in [0.25, 0.3) is 0 Å². The third kappa shape index (κ3) is 3.87. The molecule has 21 heavy (non-hydrogen) atoms. The van der Waals surface area contributed by atoms with Gasteiger partial charge in [0.05, 0.1) is 0 Å². The number of para-hydroxylation sites is 4. The van der Waals surface area contributed by atoms with Crippen LogP contribution in [0.25, 0.3) is 0 Å². The molecule has 0 aromatic heterocycles. The van der Waals surface area contributed by atoms with Crippen molar-refractivity contribution in [3.05, 3.63) is 58.3 Å². The number of phenols is 2. The number of rotatable bonds is 6. The first-order valence-corrected chi connectivity index (χ1v) is 8.86. The number of nitrogens with zero attached hydrogens (tertiary/aromatic N) is 2. The van der Waals surface area contributed by atoms with Gasteiger partial charge in [-0.2, -0.15) is 0 Å². The van der Waals surface area contributed by atoms with E-state index in [1.54, 1.807) is 24.3 Å². The third-order valence-electron chi connectivity index (χ3n) is 2.40. The average Bonchev–Trinajstić information content (AvgIpc) is 2.48. The molecule has 106 valence electrons. The topological polar surface area (TPSA) is 99.1 Å². The van der Waals surface area contributed by atoms with Crippen LogP contribution in [-0.2, 0) is 5.58 Å². The summed E-state index contributed by atoms with van der Waals surface area (Å²) in [5.74, 6) is -0.480. The van der Waals surface area contributed by atoms with Crippen LogP contribution in [0, 0.1) is 9.81 Å². The van der Waals surface area contributed by atoms with E-state index < -0.39 is 25.1 Å². The molecule has 0 aliphatic heterocycles. The van der Waals surface area contributed by atoms with E-state index in [1.165, 1.54) is 24.3 Å². The second-order valence-electron chi connectivity index (χ2n) is 3.76. The van der Waals surface area contributed by atoms with Crippen LogP contribution in [0.5, 0.6) is 11.5 Å². The molecule has 2 aromatic carbocycles. The second-order valence-corrected chi connectivity index (χ2v) is 5.82. The Kier molecular flexibility index (Phi) is 5.03. The van der Waals surface area contributed by atoms with Crippen molar-refractivity contribution in [2.45, 2.75) is 0 Å². The summed E-state index contributed by atoms with van der Waals surface area (Å²) in [6.07, 6.45) is 0. The molecule has 2 N–H and O–H groups in total. The first-order valence-electron chi connectivity index (χ1n) is 5.69. The summed E-state index contributed by atoms with van der Waals surface area (Å²) in [5.41, 5.74) is -0.151. The van der Waals surface area contributed by atoms with Gasteiger partial charge in [0.15, 0.2) is 0 Å². The maximum atomic E-state index is 11.6. The molecule has 0 heterocycles. The van der Waals surface area contributed by atoms with Crippen molar-refractivity contribution in [3.8, 4) is 11.5 Å². The Hall–Kier alpha value is -2.24. The monoisotopic (exact) mass is 486 g/mol. The fourth-order valence-corrected chi connectivity index (χ4v) is 2.84. The SMILES string of the molecule is O=[N+]([O][Pb][O][N+](=O)c1ccccc1O)c1ccccc1O. The predicted molar refractivity (Wildman–Crippen MR) is 70.7 cm³/mol. The first-order chi connectivity index (χ1) is 10.1. The summed E-state index contributed by atoms with van der Waals surface area (Å²) in [7, 11) is 0. The van der Waals surface area contributed by atoms with E-state index >= 15 is 0 Å². The van der Waals surface area contributed by atoms with Crippen LogP contribution in [-0.4, -0.2) is 45.2 Å². The van der Waals surface area contributed by atoms with Gasteiger partial charge in [0.1, 0.15) is 0 Å². The van der Waals surface area contributed by atoms with Crippen molar-refractivity contribution in [2.75, 3.05) is 0 Å². The quantitative estimate of drug-likeness (QED) is 0.480. The molecule has 0 spiro atoms. The zero-order chi connectivity index (χ0) is 15.2. The molecule has 9 heteroatoms. The number of phenolic OH excluding ortho intramolecular Hbond substituents is 2. The summed E-state index contributed by atoms with van der Waals surface area (Å²) in [5, 5.41) is 18.9. The van der Waals surface area contributed by atoms with Gasteiger partial charge in [0, 0.05) is 0 Å². The van der Waals surface area contributed by atoms with E-state index in [0.717, 1.165) is 0 Å². The van der Waals surface area contributed by atoms with Gasteiger partial charge in [-0.05, 0) is 0 Å². The number of hydrogen-bond acceptors (Lipinski definition) is 6. The maximum absolute atomic E-state index is 11.6. The summed E-state index contributed by atoms with van der Waals surface area (Å²) < 4.78 is 9.62. The van der Waals surface area contributed by atoms with Crippen molar-refractivity contribution in [2.24, 2.45) is 0 Å². The Balaban J connectivity index is 1.90. The van der Waals surface area contributed by atoms with Crippen LogP contribution in [0.4, 0.5) is 11.4 Å². The zero-order valence-corrected chi connectivity index (χ0v) is 14.4. The van der Waals surface area contributed by atoms with E-state index in [4.69, 9.17) is 5.58 Å². The van der Waals surface area contributed by atoms with Crippen LogP contribution in [0.15, 0.2) is 48.5 Å². The summed E-state index contributed by atoms with van der Waals surface area (Å²) in [6.45, 7) is 0. The molecule has 8 nitrogen and oxygen atoms in total. The van der Waals surface area contributed by atoms with Gasteiger partial charge in [0.2, 0.25) is 0 Å². The average molecular weight is 485 g/mol. The first kappa shape index (κ1) is 15.2. The number of hydrogen-bond donors (Lipinski definition) is 2. The fourth-order valence-electron chi connectivity index (χ4n) is 1.42. The van der Waals surface area contributed by atoms with Gasteiger partial charge < -0.3 is 0 Å². The molecule has 0 aliphatic carbocycles. The molecule has 0 unspecified atom stereocenters. The van der Waals surface area contributed by atoms with Crippen molar-refractivity contribution in [1.29, 1.82) is 0 Å². The summed E-state index contributed by atoms with van der Waals surface area (Å²) in [4.78, 5) is 23.4. The van der Waals surface area contributed by atoms with Gasteiger partial charge in [-0.15, -0.1) is 0 Å². The van der Waals surface area contributed by atoms with Crippen LogP contribution < -0.4 is 0 Å². The molecule has 0 fully saturated rings. The molecule has 2 rings (SSSR count). The number of aromatic hydroxyl groups is 2. The van der Waals surface area contributed by atoms with Crippen LogP contribution >= 0.6 is 0 Å². The van der Waals surface area contributed by atoms with E-state index in [0.29, 0.717) is 0 Å². The second kappa shape index (κ2) is 6.97. The predicted octanol–water partition coefficient (Wildman–Crippen LogP) is 2.02. The Labute approximate surface area is 132 Å². The molecule has 0 atom stereocenters. The van der Waals surface area contributed by atoms with Gasteiger partial charge >= 0.3 is 132 Å². The van der Waals surface area contributed by atoms with Crippen molar-refractivity contribution < 1.29 is 25.6 Å². The van der Waals surface area contributed by atoms with E-state index in [1.807, 2.05) is 0 Å². The Morgan fingerprint density at radius 3 is 1.52 bits per heavy atom. The molecule has 0 saturated carbocycles. The zero-order valence-electron chi connectivity index (χ0n) is 10.5. The summed E-state index contributed by atoms with van der Waals surface area (Å²) >= 11 is -2.52. The fraction of sp³-hybridized carbons (Fsp3) is 0. The minimum atomic E-state index is -2.52. The molecule has 0 bridgehead atoms. The molecule has 2 radical (unpaired) electrons. The third-order valence-corrected chi connectivity index (χ3v) is 4.27. The molecule has 0 aliphatic rings. The van der Waals surface area contributed by atoms with Gasteiger partial charge in [-0.25, -0.2) is 0 Å². The van der Waals surface area contributed by atoms with Crippen LogP contribution in [0.1, 0.15) is 0 Å². The van der Waals surface area contributed by atoms with E-state index in [9.17, 15) is 20.0 Å². The molecular formula is C12H10N2O6Pb+2. The molecule has 2 aromatic rings. The van der Waals surface area contributed by atoms with Crippen molar-refractivity contribution in [3.63, 3.8) is 0 Å². The Morgan fingerprint density at radius 2 is 1.14 bits per heavy atom.